The van der Waals surface area contributed by atoms with Gasteiger partial charge >= 0.3 is 0 Å². The molecular weight excluding hydrogens is 221 g/mol. The maximum absolute atomic E-state index is 13.4. The van der Waals surface area contributed by atoms with Crippen molar-refractivity contribution < 1.29 is 9.13 Å². The van der Waals surface area contributed by atoms with E-state index in [1.807, 2.05) is 0 Å². The molecule has 17 heavy (non-hydrogen) atoms. The van der Waals surface area contributed by atoms with Gasteiger partial charge in [0.1, 0.15) is 5.82 Å². The first kappa shape index (κ1) is 11.2. The molecule has 0 saturated heterocycles. The van der Waals surface area contributed by atoms with Crippen LogP contribution in [0.3, 0.4) is 0 Å². The van der Waals surface area contributed by atoms with E-state index in [1.54, 1.807) is 30.5 Å². The van der Waals surface area contributed by atoms with Gasteiger partial charge in [0.15, 0.2) is 11.6 Å². The van der Waals surface area contributed by atoms with Crippen LogP contribution in [0.2, 0.25) is 0 Å². The molecule has 2 rings (SSSR count). The maximum atomic E-state index is 13.4. The molecule has 0 aliphatic heterocycles. The lowest BCUT2D eigenvalue weighted by atomic mass is 10.2. The van der Waals surface area contributed by atoms with Crippen LogP contribution in [-0.4, -0.2) is 12.1 Å². The fraction of sp³-hybridized carbons (Fsp3) is 0.0833. The van der Waals surface area contributed by atoms with Crippen molar-refractivity contribution in [2.45, 2.75) is 0 Å². The molecule has 88 valence electrons. The van der Waals surface area contributed by atoms with Gasteiger partial charge in [0.25, 0.3) is 0 Å². The molecular formula is C12H12FN3O. The average molecular weight is 233 g/mol. The summed E-state index contributed by atoms with van der Waals surface area (Å²) in [6.45, 7) is 0. The molecule has 0 saturated carbocycles. The molecule has 0 bridgehead atoms. The molecule has 0 aliphatic carbocycles. The molecule has 1 heterocycles. The Labute approximate surface area is 98.2 Å². The molecule has 0 fully saturated rings. The summed E-state index contributed by atoms with van der Waals surface area (Å²) in [5, 5.41) is 2.98. The van der Waals surface area contributed by atoms with Crippen LogP contribution < -0.4 is 15.8 Å². The maximum Gasteiger partial charge on any atom is 0.167 e. The minimum atomic E-state index is -0.431. The van der Waals surface area contributed by atoms with Gasteiger partial charge in [-0.1, -0.05) is 0 Å². The second kappa shape index (κ2) is 4.69. The number of hydrogen-bond donors (Lipinski definition) is 2. The Morgan fingerprint density at radius 2 is 2.18 bits per heavy atom. The lowest BCUT2D eigenvalue weighted by Crippen LogP contribution is -1.98. The normalized spacial score (nSPS) is 10.0. The van der Waals surface area contributed by atoms with Gasteiger partial charge < -0.3 is 15.8 Å². The summed E-state index contributed by atoms with van der Waals surface area (Å²) in [5.41, 5.74) is 6.89. The van der Waals surface area contributed by atoms with Crippen LogP contribution in [0.4, 0.5) is 21.6 Å². The predicted octanol–water partition coefficient (Wildman–Crippen LogP) is 2.56. The molecule has 0 aliphatic rings. The first-order valence-electron chi connectivity index (χ1n) is 5.02. The summed E-state index contributed by atoms with van der Waals surface area (Å²) in [5.74, 6) is 0.137. The van der Waals surface area contributed by atoms with Crippen LogP contribution in [0.1, 0.15) is 0 Å². The third-order valence-corrected chi connectivity index (χ3v) is 2.27. The molecule has 0 amide bonds. The highest BCUT2D eigenvalue weighted by Crippen LogP contribution is 2.25. The number of aromatic nitrogens is 1. The standard InChI is InChI=1S/C12H12FN3O/c1-17-11-5-4-8(7-9(11)13)16-10-3-2-6-15-12(10)14/h2-7,16H,1H3,(H2,14,15). The minimum Gasteiger partial charge on any atom is -0.494 e. The number of benzene rings is 1. The zero-order chi connectivity index (χ0) is 12.3. The monoisotopic (exact) mass is 233 g/mol. The second-order valence-electron chi connectivity index (χ2n) is 3.41. The molecule has 3 N–H and O–H groups in total. The van der Waals surface area contributed by atoms with E-state index in [0.29, 0.717) is 17.2 Å². The van der Waals surface area contributed by atoms with Crippen molar-refractivity contribution >= 4 is 17.2 Å². The lowest BCUT2D eigenvalue weighted by molar-refractivity contribution is 0.386. The van der Waals surface area contributed by atoms with Crippen molar-refractivity contribution in [1.29, 1.82) is 0 Å². The number of rotatable bonds is 3. The quantitative estimate of drug-likeness (QED) is 0.855. The molecule has 0 unspecified atom stereocenters. The molecule has 0 atom stereocenters. The van der Waals surface area contributed by atoms with Gasteiger partial charge in [-0.25, -0.2) is 9.37 Å². The fourth-order valence-electron chi connectivity index (χ4n) is 1.42. The number of halogens is 1. The first-order chi connectivity index (χ1) is 8.20. The third kappa shape index (κ3) is 2.44. The lowest BCUT2D eigenvalue weighted by Gasteiger charge is -2.09. The van der Waals surface area contributed by atoms with Gasteiger partial charge in [0, 0.05) is 18.0 Å². The van der Waals surface area contributed by atoms with Crippen molar-refractivity contribution in [1.82, 2.24) is 4.98 Å². The number of ether oxygens (including phenoxy) is 1. The van der Waals surface area contributed by atoms with E-state index < -0.39 is 5.82 Å². The molecule has 1 aromatic carbocycles. The van der Waals surface area contributed by atoms with Gasteiger partial charge in [-0.3, -0.25) is 0 Å². The summed E-state index contributed by atoms with van der Waals surface area (Å²) < 4.78 is 18.3. The highest BCUT2D eigenvalue weighted by atomic mass is 19.1. The van der Waals surface area contributed by atoms with E-state index in [2.05, 4.69) is 10.3 Å². The van der Waals surface area contributed by atoms with Crippen molar-refractivity contribution in [3.63, 3.8) is 0 Å². The van der Waals surface area contributed by atoms with Crippen molar-refractivity contribution in [2.24, 2.45) is 0 Å². The molecule has 0 radical (unpaired) electrons. The van der Waals surface area contributed by atoms with Crippen molar-refractivity contribution in [2.75, 3.05) is 18.2 Å². The number of nitrogens with one attached hydrogen (secondary N) is 1. The summed E-state index contributed by atoms with van der Waals surface area (Å²) in [7, 11) is 1.42. The number of nitrogens with two attached hydrogens (primary N) is 1. The van der Waals surface area contributed by atoms with Crippen LogP contribution in [-0.2, 0) is 0 Å². The van der Waals surface area contributed by atoms with Gasteiger partial charge in [0.2, 0.25) is 0 Å². The number of methoxy groups -OCH3 is 1. The highest BCUT2D eigenvalue weighted by Gasteiger charge is 2.05. The number of hydrogen-bond acceptors (Lipinski definition) is 4. The topological polar surface area (TPSA) is 60.2 Å². The highest BCUT2D eigenvalue weighted by molar-refractivity contribution is 5.69. The summed E-state index contributed by atoms with van der Waals surface area (Å²) in [6.07, 6.45) is 1.59. The molecule has 1 aromatic heterocycles. The Bertz CT molecular complexity index is 531. The van der Waals surface area contributed by atoms with E-state index in [-0.39, 0.29) is 5.75 Å². The van der Waals surface area contributed by atoms with Crippen molar-refractivity contribution in [3.8, 4) is 5.75 Å². The Morgan fingerprint density at radius 3 is 2.82 bits per heavy atom. The van der Waals surface area contributed by atoms with Gasteiger partial charge in [-0.05, 0) is 24.3 Å². The Morgan fingerprint density at radius 1 is 1.35 bits per heavy atom. The minimum absolute atomic E-state index is 0.203. The van der Waals surface area contributed by atoms with Crippen LogP contribution >= 0.6 is 0 Å². The molecule has 5 heteroatoms. The predicted molar refractivity (Wildman–Crippen MR) is 64.9 cm³/mol. The second-order valence-corrected chi connectivity index (χ2v) is 3.41. The average Bonchev–Trinajstić information content (AvgIpc) is 2.32. The van der Waals surface area contributed by atoms with Crippen LogP contribution in [0.15, 0.2) is 36.5 Å². The summed E-state index contributed by atoms with van der Waals surface area (Å²) in [6, 6.07) is 8.10. The van der Waals surface area contributed by atoms with E-state index in [4.69, 9.17) is 10.5 Å². The zero-order valence-corrected chi connectivity index (χ0v) is 9.27. The van der Waals surface area contributed by atoms with E-state index >= 15 is 0 Å². The van der Waals surface area contributed by atoms with Crippen LogP contribution in [0.25, 0.3) is 0 Å². The fourth-order valence-corrected chi connectivity index (χ4v) is 1.42. The molecule has 2 aromatic rings. The zero-order valence-electron chi connectivity index (χ0n) is 9.27. The number of nitrogens with zero attached hydrogens (tertiary/aromatic N) is 1. The van der Waals surface area contributed by atoms with Gasteiger partial charge in [-0.2, -0.15) is 0 Å². The largest absolute Gasteiger partial charge is 0.494 e. The van der Waals surface area contributed by atoms with Crippen LogP contribution in [0.5, 0.6) is 5.75 Å². The Balaban J connectivity index is 2.25. The first-order valence-corrected chi connectivity index (χ1v) is 5.02. The third-order valence-electron chi connectivity index (χ3n) is 2.27. The summed E-state index contributed by atoms with van der Waals surface area (Å²) >= 11 is 0. The van der Waals surface area contributed by atoms with E-state index in [9.17, 15) is 4.39 Å². The van der Waals surface area contributed by atoms with E-state index in [0.717, 1.165) is 0 Å². The van der Waals surface area contributed by atoms with Crippen LogP contribution in [0, 0.1) is 5.82 Å². The molecule has 4 nitrogen and oxygen atoms in total. The summed E-state index contributed by atoms with van der Waals surface area (Å²) in [4.78, 5) is 3.93. The number of pyridine rings is 1. The molecule has 0 spiro atoms. The van der Waals surface area contributed by atoms with Gasteiger partial charge in [0.05, 0.1) is 12.8 Å². The van der Waals surface area contributed by atoms with Gasteiger partial charge in [-0.15, -0.1) is 0 Å². The number of anilines is 3. The van der Waals surface area contributed by atoms with E-state index in [1.165, 1.54) is 13.2 Å². The SMILES string of the molecule is COc1ccc(Nc2cccnc2N)cc1F. The van der Waals surface area contributed by atoms with Crippen molar-refractivity contribution in [3.05, 3.63) is 42.3 Å². The number of nitrogen functional groups attached to an aromatic ring is 1. The smallest absolute Gasteiger partial charge is 0.167 e. The Hall–Kier alpha value is -2.30. The Kier molecular flexibility index (Phi) is 3.09.